The van der Waals surface area contributed by atoms with Gasteiger partial charge in [0.25, 0.3) is 0 Å². The van der Waals surface area contributed by atoms with Gasteiger partial charge in [0.15, 0.2) is 5.82 Å². The highest BCUT2D eigenvalue weighted by atomic mass is 19.1. The van der Waals surface area contributed by atoms with Gasteiger partial charge in [-0.2, -0.15) is 0 Å². The molecule has 0 unspecified atom stereocenters. The number of nitrogen functional groups attached to an aromatic ring is 1. The third-order valence-electron chi connectivity index (χ3n) is 2.22. The maximum atomic E-state index is 13.4. The van der Waals surface area contributed by atoms with Gasteiger partial charge >= 0.3 is 0 Å². The number of halogens is 2. The molecule has 0 spiro atoms. The topological polar surface area (TPSA) is 26.0 Å². The second-order valence-electron chi connectivity index (χ2n) is 3.31. The number of benzene rings is 2. The fraction of sp³-hybridized carbons (Fsp3) is 0.0909. The van der Waals surface area contributed by atoms with Crippen molar-refractivity contribution in [2.75, 3.05) is 5.73 Å². The van der Waals surface area contributed by atoms with Gasteiger partial charge in [-0.15, -0.1) is 0 Å². The minimum Gasteiger partial charge on any atom is -0.394 e. The van der Waals surface area contributed by atoms with Crippen molar-refractivity contribution in [1.82, 2.24) is 0 Å². The first-order valence-electron chi connectivity index (χ1n) is 4.23. The van der Waals surface area contributed by atoms with E-state index in [0.717, 1.165) is 5.56 Å². The summed E-state index contributed by atoms with van der Waals surface area (Å²) in [5, 5.41) is 0.892. The zero-order chi connectivity index (χ0) is 10.3. The Bertz CT molecular complexity index is 506. The van der Waals surface area contributed by atoms with Gasteiger partial charge in [0.05, 0.1) is 0 Å². The first-order chi connectivity index (χ1) is 6.59. The highest BCUT2D eigenvalue weighted by Crippen LogP contribution is 2.26. The third-order valence-corrected chi connectivity index (χ3v) is 2.22. The number of anilines is 1. The van der Waals surface area contributed by atoms with Gasteiger partial charge in [0.1, 0.15) is 11.5 Å². The monoisotopic (exact) mass is 193 g/mol. The third kappa shape index (κ3) is 1.21. The molecule has 1 nitrogen and oxygen atoms in total. The van der Waals surface area contributed by atoms with Crippen LogP contribution in [-0.4, -0.2) is 0 Å². The van der Waals surface area contributed by atoms with Crippen molar-refractivity contribution < 1.29 is 8.78 Å². The van der Waals surface area contributed by atoms with Crippen LogP contribution >= 0.6 is 0 Å². The lowest BCUT2D eigenvalue weighted by Crippen LogP contribution is -1.96. The molecule has 0 atom stereocenters. The van der Waals surface area contributed by atoms with Crippen molar-refractivity contribution in [3.8, 4) is 0 Å². The standard InChI is InChI=1S/C11H9F2N/c1-6-2-3-8-7(4-6)5-9(12)11(14)10(8)13/h2-5H,14H2,1H3. The molecule has 0 heterocycles. The van der Waals surface area contributed by atoms with E-state index in [1.54, 1.807) is 18.2 Å². The van der Waals surface area contributed by atoms with Crippen molar-refractivity contribution in [3.05, 3.63) is 41.5 Å². The highest BCUT2D eigenvalue weighted by Gasteiger charge is 2.09. The van der Waals surface area contributed by atoms with E-state index in [0.29, 0.717) is 10.8 Å². The molecule has 0 aliphatic rings. The summed E-state index contributed by atoms with van der Waals surface area (Å²) >= 11 is 0. The molecule has 14 heavy (non-hydrogen) atoms. The van der Waals surface area contributed by atoms with Crippen molar-refractivity contribution in [2.24, 2.45) is 0 Å². The Morgan fingerprint density at radius 3 is 2.57 bits per heavy atom. The Hall–Kier alpha value is -1.64. The van der Waals surface area contributed by atoms with E-state index >= 15 is 0 Å². The molecule has 0 radical (unpaired) electrons. The summed E-state index contributed by atoms with van der Waals surface area (Å²) in [7, 11) is 0. The average molecular weight is 193 g/mol. The van der Waals surface area contributed by atoms with Crippen molar-refractivity contribution >= 4 is 16.5 Å². The molecule has 2 aromatic rings. The number of nitrogens with two attached hydrogens (primary N) is 1. The van der Waals surface area contributed by atoms with Crippen LogP contribution in [0.1, 0.15) is 5.56 Å². The fourth-order valence-corrected chi connectivity index (χ4v) is 1.47. The first-order valence-corrected chi connectivity index (χ1v) is 4.23. The number of rotatable bonds is 0. The lowest BCUT2D eigenvalue weighted by atomic mass is 10.1. The highest BCUT2D eigenvalue weighted by molar-refractivity contribution is 5.87. The van der Waals surface area contributed by atoms with E-state index in [4.69, 9.17) is 5.73 Å². The van der Waals surface area contributed by atoms with Crippen LogP contribution in [0.2, 0.25) is 0 Å². The second kappa shape index (κ2) is 2.94. The summed E-state index contributed by atoms with van der Waals surface area (Å²) in [4.78, 5) is 0. The molecule has 0 aromatic heterocycles. The Labute approximate surface area is 80.1 Å². The van der Waals surface area contributed by atoms with Crippen LogP contribution in [0.25, 0.3) is 10.8 Å². The molecule has 72 valence electrons. The number of hydrogen-bond donors (Lipinski definition) is 1. The van der Waals surface area contributed by atoms with Gasteiger partial charge in [-0.25, -0.2) is 8.78 Å². The Morgan fingerprint density at radius 2 is 1.86 bits per heavy atom. The van der Waals surface area contributed by atoms with Crippen LogP contribution in [0.15, 0.2) is 24.3 Å². The van der Waals surface area contributed by atoms with Gasteiger partial charge in [-0.3, -0.25) is 0 Å². The van der Waals surface area contributed by atoms with E-state index in [1.165, 1.54) is 6.07 Å². The minimum atomic E-state index is -0.708. The lowest BCUT2D eigenvalue weighted by molar-refractivity contribution is 0.600. The summed E-state index contributed by atoms with van der Waals surface area (Å²) in [6.07, 6.45) is 0. The van der Waals surface area contributed by atoms with E-state index < -0.39 is 17.3 Å². The predicted octanol–water partition coefficient (Wildman–Crippen LogP) is 3.01. The number of fused-ring (bicyclic) bond motifs is 1. The number of hydrogen-bond acceptors (Lipinski definition) is 1. The largest absolute Gasteiger partial charge is 0.394 e. The quantitative estimate of drug-likeness (QED) is 0.639. The smallest absolute Gasteiger partial charge is 0.156 e. The second-order valence-corrected chi connectivity index (χ2v) is 3.31. The molecule has 2 aromatic carbocycles. The first kappa shape index (κ1) is 8.94. The molecular weight excluding hydrogens is 184 g/mol. The zero-order valence-electron chi connectivity index (χ0n) is 7.64. The molecule has 0 aliphatic carbocycles. The van der Waals surface area contributed by atoms with Crippen LogP contribution in [0.3, 0.4) is 0 Å². The summed E-state index contributed by atoms with van der Waals surface area (Å²) < 4.78 is 26.5. The van der Waals surface area contributed by atoms with Crippen molar-refractivity contribution in [3.63, 3.8) is 0 Å². The van der Waals surface area contributed by atoms with Crippen LogP contribution in [0.5, 0.6) is 0 Å². The van der Waals surface area contributed by atoms with E-state index in [-0.39, 0.29) is 0 Å². The maximum Gasteiger partial charge on any atom is 0.156 e. The lowest BCUT2D eigenvalue weighted by Gasteiger charge is -2.04. The fourth-order valence-electron chi connectivity index (χ4n) is 1.47. The predicted molar refractivity (Wildman–Crippen MR) is 53.0 cm³/mol. The van der Waals surface area contributed by atoms with Gasteiger partial charge < -0.3 is 5.73 Å². The zero-order valence-corrected chi connectivity index (χ0v) is 7.64. The minimum absolute atomic E-state index is 0.356. The molecular formula is C11H9F2N. The molecule has 2 rings (SSSR count). The maximum absolute atomic E-state index is 13.4. The molecule has 0 amide bonds. The van der Waals surface area contributed by atoms with E-state index in [9.17, 15) is 8.78 Å². The average Bonchev–Trinajstić information content (AvgIpc) is 2.14. The van der Waals surface area contributed by atoms with E-state index in [2.05, 4.69) is 0 Å². The summed E-state index contributed by atoms with van der Waals surface area (Å²) in [5.74, 6) is -1.39. The molecule has 0 saturated heterocycles. The van der Waals surface area contributed by atoms with Crippen LogP contribution in [0, 0.1) is 18.6 Å². The summed E-state index contributed by atoms with van der Waals surface area (Å²) in [6.45, 7) is 1.87. The Morgan fingerprint density at radius 1 is 1.14 bits per heavy atom. The molecule has 0 aliphatic heterocycles. The number of aryl methyl sites for hydroxylation is 1. The Kier molecular flexibility index (Phi) is 1.88. The summed E-state index contributed by atoms with van der Waals surface area (Å²) in [5.41, 5.74) is 5.78. The molecule has 0 bridgehead atoms. The van der Waals surface area contributed by atoms with Crippen LogP contribution < -0.4 is 5.73 Å². The van der Waals surface area contributed by atoms with Crippen LogP contribution in [0.4, 0.5) is 14.5 Å². The van der Waals surface area contributed by atoms with Gasteiger partial charge in [-0.1, -0.05) is 23.8 Å². The normalized spacial score (nSPS) is 10.8. The van der Waals surface area contributed by atoms with Gasteiger partial charge in [0.2, 0.25) is 0 Å². The van der Waals surface area contributed by atoms with Crippen molar-refractivity contribution in [2.45, 2.75) is 6.92 Å². The molecule has 0 fully saturated rings. The molecule has 3 heteroatoms. The van der Waals surface area contributed by atoms with Crippen LogP contribution in [-0.2, 0) is 0 Å². The van der Waals surface area contributed by atoms with Gasteiger partial charge in [-0.05, 0) is 18.4 Å². The SMILES string of the molecule is Cc1ccc2c(F)c(N)c(F)cc2c1. The van der Waals surface area contributed by atoms with E-state index in [1.807, 2.05) is 6.92 Å². The summed E-state index contributed by atoms with van der Waals surface area (Å²) in [6, 6.07) is 6.35. The molecule has 2 N–H and O–H groups in total. The Balaban J connectivity index is 2.91. The van der Waals surface area contributed by atoms with Gasteiger partial charge in [0, 0.05) is 5.39 Å². The van der Waals surface area contributed by atoms with Crippen molar-refractivity contribution in [1.29, 1.82) is 0 Å². The molecule has 0 saturated carbocycles.